The Morgan fingerprint density at radius 3 is 2.85 bits per heavy atom. The number of nitro benzene ring substituents is 1. The third-order valence-corrected chi connectivity index (χ3v) is 2.41. The van der Waals surface area contributed by atoms with Crippen molar-refractivity contribution in [3.8, 4) is 5.75 Å². The van der Waals surface area contributed by atoms with E-state index in [1.807, 2.05) is 0 Å². The Kier molecular flexibility index (Phi) is 3.74. The first-order valence-electron chi connectivity index (χ1n) is 5.63. The summed E-state index contributed by atoms with van der Waals surface area (Å²) >= 11 is 0. The molecule has 0 aliphatic rings. The maximum absolute atomic E-state index is 13.6. The average molecular weight is 278 g/mol. The van der Waals surface area contributed by atoms with Crippen molar-refractivity contribution in [2.45, 2.75) is 13.5 Å². The number of nitrogens with zero attached hydrogens (tertiary/aromatic N) is 3. The van der Waals surface area contributed by atoms with Crippen molar-refractivity contribution in [1.29, 1.82) is 0 Å². The van der Waals surface area contributed by atoms with Gasteiger partial charge in [0.05, 0.1) is 4.92 Å². The minimum Gasteiger partial charge on any atom is -0.477 e. The number of nitro groups is 1. The van der Waals surface area contributed by atoms with Crippen molar-refractivity contribution in [3.63, 3.8) is 0 Å². The van der Waals surface area contributed by atoms with E-state index in [2.05, 4.69) is 9.97 Å². The fraction of sp³-hybridized carbons (Fsp3) is 0.167. The molecule has 2 rings (SSSR count). The SMILES string of the molecule is Cc1cc(N)nc(COc2c(F)cccc2[N+](=O)[O-])n1. The number of ether oxygens (including phenoxy) is 1. The zero-order chi connectivity index (χ0) is 14.7. The van der Waals surface area contributed by atoms with Crippen LogP contribution >= 0.6 is 0 Å². The zero-order valence-electron chi connectivity index (χ0n) is 10.5. The molecule has 2 N–H and O–H groups in total. The minimum absolute atomic E-state index is 0.215. The number of hydrogen-bond donors (Lipinski definition) is 1. The predicted octanol–water partition coefficient (Wildman–Crippen LogP) is 1.99. The number of nitrogens with two attached hydrogens (primary N) is 1. The van der Waals surface area contributed by atoms with E-state index in [0.717, 1.165) is 12.1 Å². The second kappa shape index (κ2) is 5.47. The molecule has 0 atom stereocenters. The van der Waals surface area contributed by atoms with Crippen molar-refractivity contribution in [3.05, 3.63) is 51.7 Å². The molecule has 0 aliphatic heterocycles. The zero-order valence-corrected chi connectivity index (χ0v) is 10.5. The van der Waals surface area contributed by atoms with Gasteiger partial charge in [-0.2, -0.15) is 0 Å². The highest BCUT2D eigenvalue weighted by Crippen LogP contribution is 2.30. The lowest BCUT2D eigenvalue weighted by molar-refractivity contribution is -0.386. The summed E-state index contributed by atoms with van der Waals surface area (Å²) in [5.74, 6) is -0.791. The first kappa shape index (κ1) is 13.7. The minimum atomic E-state index is -0.820. The third kappa shape index (κ3) is 2.97. The molecule has 2 aromatic rings. The fourth-order valence-corrected chi connectivity index (χ4v) is 1.64. The summed E-state index contributed by atoms with van der Waals surface area (Å²) in [5.41, 5.74) is 5.72. The van der Waals surface area contributed by atoms with Gasteiger partial charge in [0.25, 0.3) is 0 Å². The molecule has 1 heterocycles. The van der Waals surface area contributed by atoms with Gasteiger partial charge in [-0.3, -0.25) is 10.1 Å². The van der Waals surface area contributed by atoms with Crippen LogP contribution in [0.25, 0.3) is 0 Å². The number of halogens is 1. The van der Waals surface area contributed by atoms with Crippen LogP contribution < -0.4 is 10.5 Å². The number of benzene rings is 1. The molecule has 0 unspecified atom stereocenters. The molecule has 104 valence electrons. The van der Waals surface area contributed by atoms with Crippen LogP contribution in [-0.4, -0.2) is 14.9 Å². The van der Waals surface area contributed by atoms with E-state index < -0.39 is 22.2 Å². The molecule has 0 aliphatic carbocycles. The maximum atomic E-state index is 13.6. The molecule has 0 saturated carbocycles. The van der Waals surface area contributed by atoms with Gasteiger partial charge < -0.3 is 10.5 Å². The average Bonchev–Trinajstić information content (AvgIpc) is 2.35. The molecule has 0 radical (unpaired) electrons. The van der Waals surface area contributed by atoms with Gasteiger partial charge in [-0.25, -0.2) is 14.4 Å². The summed E-state index contributed by atoms with van der Waals surface area (Å²) in [6, 6.07) is 5.04. The lowest BCUT2D eigenvalue weighted by Crippen LogP contribution is -2.07. The van der Waals surface area contributed by atoms with Gasteiger partial charge in [0.15, 0.2) is 11.6 Å². The number of anilines is 1. The van der Waals surface area contributed by atoms with E-state index in [0.29, 0.717) is 5.69 Å². The van der Waals surface area contributed by atoms with Gasteiger partial charge in [-0.15, -0.1) is 0 Å². The smallest absolute Gasteiger partial charge is 0.314 e. The van der Waals surface area contributed by atoms with Gasteiger partial charge in [-0.05, 0) is 13.0 Å². The highest BCUT2D eigenvalue weighted by molar-refractivity contribution is 5.46. The molecule has 20 heavy (non-hydrogen) atoms. The molecule has 1 aromatic carbocycles. The van der Waals surface area contributed by atoms with E-state index in [1.54, 1.807) is 13.0 Å². The van der Waals surface area contributed by atoms with Gasteiger partial charge in [-0.1, -0.05) is 6.07 Å². The molecule has 7 nitrogen and oxygen atoms in total. The van der Waals surface area contributed by atoms with Crippen LogP contribution in [0, 0.1) is 22.9 Å². The number of aryl methyl sites for hydroxylation is 1. The Bertz CT molecular complexity index is 643. The topological polar surface area (TPSA) is 104 Å². The Morgan fingerprint density at radius 2 is 2.20 bits per heavy atom. The molecule has 0 bridgehead atoms. The quantitative estimate of drug-likeness (QED) is 0.677. The highest BCUT2D eigenvalue weighted by atomic mass is 19.1. The Hall–Kier alpha value is -2.77. The number of rotatable bonds is 4. The van der Waals surface area contributed by atoms with E-state index in [-0.39, 0.29) is 18.2 Å². The van der Waals surface area contributed by atoms with E-state index in [1.165, 1.54) is 6.07 Å². The molecule has 1 aromatic heterocycles. The Morgan fingerprint density at radius 1 is 1.45 bits per heavy atom. The highest BCUT2D eigenvalue weighted by Gasteiger charge is 2.19. The fourth-order valence-electron chi connectivity index (χ4n) is 1.64. The molecule has 8 heteroatoms. The molecular formula is C12H11FN4O3. The molecule has 0 spiro atoms. The van der Waals surface area contributed by atoms with E-state index in [4.69, 9.17) is 10.5 Å². The lowest BCUT2D eigenvalue weighted by atomic mass is 10.3. The van der Waals surface area contributed by atoms with Crippen molar-refractivity contribution in [2.75, 3.05) is 5.73 Å². The van der Waals surface area contributed by atoms with E-state index >= 15 is 0 Å². The predicted molar refractivity (Wildman–Crippen MR) is 68.6 cm³/mol. The van der Waals surface area contributed by atoms with Crippen LogP contribution in [0.1, 0.15) is 11.5 Å². The largest absolute Gasteiger partial charge is 0.477 e. The third-order valence-electron chi connectivity index (χ3n) is 2.41. The molecule has 0 amide bonds. The summed E-state index contributed by atoms with van der Waals surface area (Å²) in [6.07, 6.45) is 0. The Labute approximate surface area is 113 Å². The van der Waals surface area contributed by atoms with Crippen molar-refractivity contribution >= 4 is 11.5 Å². The number of aromatic nitrogens is 2. The van der Waals surface area contributed by atoms with Crippen molar-refractivity contribution < 1.29 is 14.1 Å². The first-order chi connectivity index (χ1) is 9.47. The summed E-state index contributed by atoms with van der Waals surface area (Å²) in [7, 11) is 0. The van der Waals surface area contributed by atoms with Crippen LogP contribution in [0.5, 0.6) is 5.75 Å². The first-order valence-corrected chi connectivity index (χ1v) is 5.63. The summed E-state index contributed by atoms with van der Waals surface area (Å²) in [5, 5.41) is 10.8. The van der Waals surface area contributed by atoms with Crippen molar-refractivity contribution in [2.24, 2.45) is 0 Å². The van der Waals surface area contributed by atoms with Crippen LogP contribution in [0.4, 0.5) is 15.9 Å². The van der Waals surface area contributed by atoms with Crippen molar-refractivity contribution in [1.82, 2.24) is 9.97 Å². The standard InChI is InChI=1S/C12H11FN4O3/c1-7-5-10(14)16-11(15-7)6-20-12-8(13)3-2-4-9(12)17(18)19/h2-5H,6H2,1H3,(H2,14,15,16). The second-order valence-electron chi connectivity index (χ2n) is 3.98. The molecular weight excluding hydrogens is 267 g/mol. The van der Waals surface area contributed by atoms with Gasteiger partial charge in [0.1, 0.15) is 12.4 Å². The number of hydrogen-bond acceptors (Lipinski definition) is 6. The van der Waals surface area contributed by atoms with Crippen LogP contribution in [0.2, 0.25) is 0 Å². The summed E-state index contributed by atoms with van der Waals surface area (Å²) in [4.78, 5) is 18.0. The van der Waals surface area contributed by atoms with Crippen LogP contribution in [-0.2, 0) is 6.61 Å². The van der Waals surface area contributed by atoms with Crippen LogP contribution in [0.3, 0.4) is 0 Å². The number of nitrogen functional groups attached to an aromatic ring is 1. The Balaban J connectivity index is 2.25. The van der Waals surface area contributed by atoms with Gasteiger partial charge in [0, 0.05) is 17.8 Å². The van der Waals surface area contributed by atoms with E-state index in [9.17, 15) is 14.5 Å². The number of para-hydroxylation sites is 1. The lowest BCUT2D eigenvalue weighted by Gasteiger charge is -2.07. The summed E-state index contributed by atoms with van der Waals surface area (Å²) in [6.45, 7) is 1.50. The summed E-state index contributed by atoms with van der Waals surface area (Å²) < 4.78 is 18.7. The molecule has 0 fully saturated rings. The van der Waals surface area contributed by atoms with Gasteiger partial charge in [0.2, 0.25) is 5.75 Å². The maximum Gasteiger partial charge on any atom is 0.314 e. The molecule has 0 saturated heterocycles. The normalized spacial score (nSPS) is 10.3. The second-order valence-corrected chi connectivity index (χ2v) is 3.98. The van der Waals surface area contributed by atoms with Gasteiger partial charge >= 0.3 is 5.69 Å². The van der Waals surface area contributed by atoms with Crippen LogP contribution in [0.15, 0.2) is 24.3 Å². The monoisotopic (exact) mass is 278 g/mol.